The Morgan fingerprint density at radius 3 is 2.86 bits per heavy atom. The fraction of sp³-hybridized carbons (Fsp3) is 0.429. The van der Waals surface area contributed by atoms with Crippen LogP contribution in [-0.4, -0.2) is 35.5 Å². The fourth-order valence-electron chi connectivity index (χ4n) is 2.83. The van der Waals surface area contributed by atoms with Gasteiger partial charge in [0, 0.05) is 6.54 Å². The van der Waals surface area contributed by atoms with Crippen LogP contribution >= 0.6 is 11.6 Å². The van der Waals surface area contributed by atoms with E-state index in [-0.39, 0.29) is 17.5 Å². The van der Waals surface area contributed by atoms with Crippen LogP contribution in [0.15, 0.2) is 18.2 Å². The Morgan fingerprint density at radius 2 is 2.19 bits per heavy atom. The van der Waals surface area contributed by atoms with E-state index in [2.05, 4.69) is 10.6 Å². The second-order valence-electron chi connectivity index (χ2n) is 5.43. The predicted octanol–water partition coefficient (Wildman–Crippen LogP) is 1.65. The molecule has 0 radical (unpaired) electrons. The van der Waals surface area contributed by atoms with E-state index in [0.717, 1.165) is 17.9 Å². The summed E-state index contributed by atoms with van der Waals surface area (Å²) >= 11 is 5.73. The number of rotatable bonds is 2. The maximum absolute atomic E-state index is 13.2. The summed E-state index contributed by atoms with van der Waals surface area (Å²) in [5.41, 5.74) is -0.218. The third-order valence-corrected chi connectivity index (χ3v) is 4.24. The van der Waals surface area contributed by atoms with E-state index in [4.69, 9.17) is 11.6 Å². The van der Waals surface area contributed by atoms with Crippen molar-refractivity contribution in [1.82, 2.24) is 15.5 Å². The number of carbonyl (C=O) groups excluding carboxylic acids is 2. The second-order valence-corrected chi connectivity index (χ2v) is 5.84. The number of halogens is 2. The summed E-state index contributed by atoms with van der Waals surface area (Å²) in [6.45, 7) is 1.38. The average Bonchev–Trinajstić information content (AvgIpc) is 2.68. The lowest BCUT2D eigenvalue weighted by Crippen LogP contribution is -2.57. The van der Waals surface area contributed by atoms with Crippen molar-refractivity contribution in [1.29, 1.82) is 0 Å². The van der Waals surface area contributed by atoms with Gasteiger partial charge in [-0.05, 0) is 37.1 Å². The minimum atomic E-state index is -0.834. The van der Waals surface area contributed by atoms with Gasteiger partial charge in [-0.3, -0.25) is 9.69 Å². The SMILES string of the molecule is O=C1NC2(CCCNC2)C(=O)N1Cc1ccc(F)c(Cl)c1. The molecule has 1 spiro atoms. The highest BCUT2D eigenvalue weighted by Crippen LogP contribution is 2.27. The van der Waals surface area contributed by atoms with Crippen molar-refractivity contribution in [3.8, 4) is 0 Å². The summed E-state index contributed by atoms with van der Waals surface area (Å²) in [5, 5.41) is 5.90. The highest BCUT2D eigenvalue weighted by molar-refractivity contribution is 6.30. The zero-order valence-corrected chi connectivity index (χ0v) is 12.0. The van der Waals surface area contributed by atoms with Gasteiger partial charge in [0.15, 0.2) is 0 Å². The van der Waals surface area contributed by atoms with E-state index >= 15 is 0 Å². The Morgan fingerprint density at radius 1 is 1.38 bits per heavy atom. The van der Waals surface area contributed by atoms with Gasteiger partial charge in [0.1, 0.15) is 11.4 Å². The van der Waals surface area contributed by atoms with Crippen LogP contribution < -0.4 is 10.6 Å². The molecule has 1 aromatic carbocycles. The fourth-order valence-corrected chi connectivity index (χ4v) is 3.04. The Labute approximate surface area is 126 Å². The van der Waals surface area contributed by atoms with Crippen molar-refractivity contribution in [3.63, 3.8) is 0 Å². The van der Waals surface area contributed by atoms with Crippen LogP contribution in [0.25, 0.3) is 0 Å². The van der Waals surface area contributed by atoms with Crippen LogP contribution in [0.1, 0.15) is 18.4 Å². The number of imide groups is 1. The highest BCUT2D eigenvalue weighted by atomic mass is 35.5. The Kier molecular flexibility index (Phi) is 3.59. The number of nitrogens with one attached hydrogen (secondary N) is 2. The summed E-state index contributed by atoms with van der Waals surface area (Å²) in [6, 6.07) is 3.77. The maximum Gasteiger partial charge on any atom is 0.325 e. The molecule has 3 rings (SSSR count). The molecule has 2 aliphatic rings. The average molecular weight is 312 g/mol. The van der Waals surface area contributed by atoms with Crippen molar-refractivity contribution in [2.24, 2.45) is 0 Å². The van der Waals surface area contributed by atoms with Gasteiger partial charge in [-0.1, -0.05) is 17.7 Å². The first kappa shape index (κ1) is 14.3. The normalized spacial score (nSPS) is 25.5. The van der Waals surface area contributed by atoms with Gasteiger partial charge in [0.05, 0.1) is 11.6 Å². The lowest BCUT2D eigenvalue weighted by molar-refractivity contribution is -0.132. The van der Waals surface area contributed by atoms with Gasteiger partial charge in [-0.25, -0.2) is 9.18 Å². The van der Waals surface area contributed by atoms with E-state index in [1.807, 2.05) is 0 Å². The first-order chi connectivity index (χ1) is 10.0. The molecular formula is C14H15ClFN3O2. The van der Waals surface area contributed by atoms with Crippen LogP contribution in [0.5, 0.6) is 0 Å². The van der Waals surface area contributed by atoms with Gasteiger partial charge in [0.2, 0.25) is 0 Å². The van der Waals surface area contributed by atoms with Crippen LogP contribution in [-0.2, 0) is 11.3 Å². The molecule has 7 heteroatoms. The van der Waals surface area contributed by atoms with Crippen molar-refractivity contribution in [2.75, 3.05) is 13.1 Å². The minimum absolute atomic E-state index is 0.0198. The lowest BCUT2D eigenvalue weighted by atomic mass is 9.90. The Balaban J connectivity index is 1.80. The van der Waals surface area contributed by atoms with Gasteiger partial charge in [-0.2, -0.15) is 0 Å². The summed E-state index contributed by atoms with van der Waals surface area (Å²) in [5.74, 6) is -0.759. The molecule has 2 heterocycles. The largest absolute Gasteiger partial charge is 0.325 e. The summed E-state index contributed by atoms with van der Waals surface area (Å²) in [6.07, 6.45) is 1.47. The standard InChI is InChI=1S/C14H15ClFN3O2/c15-10-6-9(2-3-11(10)16)7-19-12(20)14(18-13(19)21)4-1-5-17-8-14/h2-3,6,17H,1,4-5,7-8H2,(H,18,21). The lowest BCUT2D eigenvalue weighted by Gasteiger charge is -2.31. The molecule has 1 atom stereocenters. The topological polar surface area (TPSA) is 61.4 Å². The quantitative estimate of drug-likeness (QED) is 0.817. The molecule has 21 heavy (non-hydrogen) atoms. The van der Waals surface area contributed by atoms with Crippen molar-refractivity contribution in [3.05, 3.63) is 34.6 Å². The van der Waals surface area contributed by atoms with E-state index in [9.17, 15) is 14.0 Å². The van der Waals surface area contributed by atoms with Crippen molar-refractivity contribution >= 4 is 23.5 Å². The van der Waals surface area contributed by atoms with E-state index < -0.39 is 17.4 Å². The zero-order valence-electron chi connectivity index (χ0n) is 11.3. The first-order valence-corrected chi connectivity index (χ1v) is 7.18. The maximum atomic E-state index is 13.2. The van der Waals surface area contributed by atoms with Crippen LogP contribution in [0.4, 0.5) is 9.18 Å². The van der Waals surface area contributed by atoms with Crippen LogP contribution in [0.3, 0.4) is 0 Å². The van der Waals surface area contributed by atoms with E-state index in [1.165, 1.54) is 18.2 Å². The van der Waals surface area contributed by atoms with Crippen molar-refractivity contribution in [2.45, 2.75) is 24.9 Å². The Bertz CT molecular complexity index is 602. The van der Waals surface area contributed by atoms with E-state index in [1.54, 1.807) is 0 Å². The van der Waals surface area contributed by atoms with Gasteiger partial charge in [-0.15, -0.1) is 0 Å². The molecular weight excluding hydrogens is 297 g/mol. The number of benzene rings is 1. The monoisotopic (exact) mass is 311 g/mol. The molecule has 0 aliphatic carbocycles. The minimum Gasteiger partial charge on any atom is -0.322 e. The van der Waals surface area contributed by atoms with Crippen LogP contribution in [0.2, 0.25) is 5.02 Å². The summed E-state index contributed by atoms with van der Waals surface area (Å²) < 4.78 is 13.2. The first-order valence-electron chi connectivity index (χ1n) is 6.81. The van der Waals surface area contributed by atoms with Crippen LogP contribution in [0, 0.1) is 5.82 Å². The summed E-state index contributed by atoms with van der Waals surface area (Å²) in [7, 11) is 0. The molecule has 2 saturated heterocycles. The smallest absolute Gasteiger partial charge is 0.322 e. The number of urea groups is 1. The highest BCUT2D eigenvalue weighted by Gasteiger charge is 2.51. The molecule has 2 N–H and O–H groups in total. The second kappa shape index (κ2) is 5.27. The molecule has 1 unspecified atom stereocenters. The van der Waals surface area contributed by atoms with Gasteiger partial charge in [0.25, 0.3) is 5.91 Å². The molecule has 0 saturated carbocycles. The third-order valence-electron chi connectivity index (χ3n) is 3.95. The number of piperidine rings is 1. The number of carbonyl (C=O) groups is 2. The number of amides is 3. The Hall–Kier alpha value is -1.66. The van der Waals surface area contributed by atoms with Gasteiger partial charge >= 0.3 is 6.03 Å². The number of hydrogen-bond donors (Lipinski definition) is 2. The molecule has 2 aliphatic heterocycles. The van der Waals surface area contributed by atoms with Gasteiger partial charge < -0.3 is 10.6 Å². The van der Waals surface area contributed by atoms with Crippen molar-refractivity contribution < 1.29 is 14.0 Å². The zero-order chi connectivity index (χ0) is 15.0. The third kappa shape index (κ3) is 2.49. The summed E-state index contributed by atoms with van der Waals surface area (Å²) in [4.78, 5) is 25.8. The predicted molar refractivity (Wildman–Crippen MR) is 75.3 cm³/mol. The molecule has 5 nitrogen and oxygen atoms in total. The number of hydrogen-bond acceptors (Lipinski definition) is 3. The molecule has 0 bridgehead atoms. The molecule has 112 valence electrons. The molecule has 3 amide bonds. The molecule has 2 fully saturated rings. The van der Waals surface area contributed by atoms with E-state index in [0.29, 0.717) is 18.5 Å². The number of nitrogens with zero attached hydrogens (tertiary/aromatic N) is 1. The molecule has 1 aromatic rings. The molecule has 0 aromatic heterocycles.